The molecule has 0 aliphatic carbocycles. The Balaban J connectivity index is 1.99. The number of fused-ring (bicyclic) bond motifs is 1. The summed E-state index contributed by atoms with van der Waals surface area (Å²) in [6, 6.07) is 4.40. The first-order valence-electron chi connectivity index (χ1n) is 7.33. The topological polar surface area (TPSA) is 45.9 Å². The Bertz CT molecular complexity index is 655. The third-order valence-corrected chi connectivity index (χ3v) is 4.33. The second-order valence-corrected chi connectivity index (χ2v) is 6.11. The molecule has 1 aromatic rings. The lowest BCUT2D eigenvalue weighted by Crippen LogP contribution is -2.52. The predicted molar refractivity (Wildman–Crippen MR) is 78.5 cm³/mol. The van der Waals surface area contributed by atoms with E-state index in [0.29, 0.717) is 18.8 Å². The lowest BCUT2D eigenvalue weighted by atomic mass is 10.0. The number of carbonyl (C=O) groups excluding carboxylic acids is 1. The number of ether oxygens (including phenoxy) is 1. The third kappa shape index (κ3) is 2.32. The van der Waals surface area contributed by atoms with E-state index in [4.69, 9.17) is 11.3 Å². The van der Waals surface area contributed by atoms with Crippen LogP contribution in [0.1, 0.15) is 25.8 Å². The highest BCUT2D eigenvalue weighted by molar-refractivity contribution is 5.87. The SMILES string of the molecule is [C-]#[N+][C@@H]1C[C@]2(CN1C(C)C)Oc1cc(F)ccc1CNC2=O. The molecule has 2 atom stereocenters. The van der Waals surface area contributed by atoms with Crippen LogP contribution < -0.4 is 10.1 Å². The molecule has 1 aromatic carbocycles. The van der Waals surface area contributed by atoms with Crippen LogP contribution in [0.15, 0.2) is 18.2 Å². The number of likely N-dealkylation sites (tertiary alicyclic amines) is 1. The summed E-state index contributed by atoms with van der Waals surface area (Å²) in [4.78, 5) is 18.1. The molecule has 3 rings (SSSR count). The van der Waals surface area contributed by atoms with Crippen molar-refractivity contribution in [2.45, 2.75) is 44.6 Å². The van der Waals surface area contributed by atoms with E-state index in [1.54, 1.807) is 6.07 Å². The zero-order valence-corrected chi connectivity index (χ0v) is 12.6. The highest BCUT2D eigenvalue weighted by Gasteiger charge is 2.56. The van der Waals surface area contributed by atoms with E-state index in [-0.39, 0.29) is 18.4 Å². The first kappa shape index (κ1) is 14.8. The number of benzene rings is 1. The highest BCUT2D eigenvalue weighted by Crippen LogP contribution is 2.37. The first-order chi connectivity index (χ1) is 10.4. The second-order valence-electron chi connectivity index (χ2n) is 6.11. The fraction of sp³-hybridized carbons (Fsp3) is 0.500. The van der Waals surface area contributed by atoms with E-state index in [0.717, 1.165) is 5.56 Å². The van der Waals surface area contributed by atoms with Gasteiger partial charge in [-0.25, -0.2) is 15.9 Å². The molecule has 0 radical (unpaired) electrons. The monoisotopic (exact) mass is 303 g/mol. The molecule has 1 amide bonds. The van der Waals surface area contributed by atoms with Gasteiger partial charge in [0.25, 0.3) is 12.1 Å². The van der Waals surface area contributed by atoms with E-state index in [1.807, 2.05) is 18.7 Å². The van der Waals surface area contributed by atoms with Crippen molar-refractivity contribution in [1.82, 2.24) is 10.2 Å². The van der Waals surface area contributed by atoms with Gasteiger partial charge in [-0.1, -0.05) is 6.07 Å². The van der Waals surface area contributed by atoms with Crippen LogP contribution in [0.3, 0.4) is 0 Å². The molecule has 0 bridgehead atoms. The Morgan fingerprint density at radius 2 is 2.32 bits per heavy atom. The van der Waals surface area contributed by atoms with E-state index >= 15 is 0 Å². The van der Waals surface area contributed by atoms with Crippen molar-refractivity contribution in [3.63, 3.8) is 0 Å². The smallest absolute Gasteiger partial charge is 0.284 e. The van der Waals surface area contributed by atoms with Gasteiger partial charge in [0, 0.05) is 24.2 Å². The molecule has 1 spiro atoms. The summed E-state index contributed by atoms with van der Waals surface area (Å²) in [5.74, 6) is -0.253. The van der Waals surface area contributed by atoms with E-state index < -0.39 is 17.6 Å². The van der Waals surface area contributed by atoms with E-state index in [9.17, 15) is 9.18 Å². The molecule has 2 aliphatic heterocycles. The third-order valence-electron chi connectivity index (χ3n) is 4.33. The number of amides is 1. The Kier molecular flexibility index (Phi) is 3.53. The van der Waals surface area contributed by atoms with Gasteiger partial charge in [0.1, 0.15) is 11.6 Å². The minimum atomic E-state index is -1.13. The molecule has 1 saturated heterocycles. The Hall–Kier alpha value is -2.13. The molecule has 2 aliphatic rings. The standard InChI is InChI=1S/C16H18FN3O2/c1-10(2)20-9-16(7-14(20)18-3)15(21)19-8-11-4-5-12(17)6-13(11)22-16/h4-6,10,14H,7-9H2,1-2H3,(H,19,21)/t14-,16+/m0/s1. The number of nitrogens with zero attached hydrogens (tertiary/aromatic N) is 2. The van der Waals surface area contributed by atoms with Crippen molar-refractivity contribution in [2.75, 3.05) is 6.54 Å². The van der Waals surface area contributed by atoms with Crippen molar-refractivity contribution in [3.05, 3.63) is 41.0 Å². The van der Waals surface area contributed by atoms with Crippen LogP contribution in [0.25, 0.3) is 4.85 Å². The van der Waals surface area contributed by atoms with Crippen LogP contribution in [0.5, 0.6) is 5.75 Å². The lowest BCUT2D eigenvalue weighted by molar-refractivity contribution is -0.135. The number of hydrogen-bond donors (Lipinski definition) is 1. The van der Waals surface area contributed by atoms with Crippen molar-refractivity contribution in [2.24, 2.45) is 0 Å². The quantitative estimate of drug-likeness (QED) is 0.807. The van der Waals surface area contributed by atoms with Crippen molar-refractivity contribution in [3.8, 4) is 5.75 Å². The Labute approximate surface area is 128 Å². The van der Waals surface area contributed by atoms with Gasteiger partial charge in [-0.05, 0) is 19.9 Å². The molecule has 6 heteroatoms. The normalized spacial score (nSPS) is 28.0. The maximum Gasteiger partial charge on any atom is 0.284 e. The molecule has 0 aromatic heterocycles. The molecule has 1 fully saturated rings. The van der Waals surface area contributed by atoms with Crippen LogP contribution in [0, 0.1) is 12.4 Å². The van der Waals surface area contributed by atoms with Gasteiger partial charge >= 0.3 is 0 Å². The van der Waals surface area contributed by atoms with Gasteiger partial charge in [-0.3, -0.25) is 9.64 Å². The zero-order chi connectivity index (χ0) is 15.9. The zero-order valence-electron chi connectivity index (χ0n) is 12.6. The molecule has 1 N–H and O–H groups in total. The molecule has 2 heterocycles. The molecule has 22 heavy (non-hydrogen) atoms. The van der Waals surface area contributed by atoms with Gasteiger partial charge in [0.15, 0.2) is 0 Å². The van der Waals surface area contributed by atoms with Crippen LogP contribution in [0.4, 0.5) is 4.39 Å². The summed E-state index contributed by atoms with van der Waals surface area (Å²) >= 11 is 0. The van der Waals surface area contributed by atoms with Crippen LogP contribution in [-0.4, -0.2) is 35.2 Å². The number of carbonyl (C=O) groups is 1. The average Bonchev–Trinajstić information content (AvgIpc) is 2.80. The molecule has 0 saturated carbocycles. The van der Waals surface area contributed by atoms with E-state index in [2.05, 4.69) is 10.2 Å². The lowest BCUT2D eigenvalue weighted by Gasteiger charge is -2.27. The predicted octanol–water partition coefficient (Wildman–Crippen LogP) is 1.93. The van der Waals surface area contributed by atoms with Gasteiger partial charge in [0.2, 0.25) is 5.60 Å². The van der Waals surface area contributed by atoms with Crippen molar-refractivity contribution in [1.29, 1.82) is 0 Å². The van der Waals surface area contributed by atoms with Crippen LogP contribution >= 0.6 is 0 Å². The maximum atomic E-state index is 13.5. The van der Waals surface area contributed by atoms with Gasteiger partial charge in [-0.2, -0.15) is 0 Å². The molecular formula is C16H18FN3O2. The van der Waals surface area contributed by atoms with E-state index in [1.165, 1.54) is 12.1 Å². The van der Waals surface area contributed by atoms with Gasteiger partial charge < -0.3 is 10.1 Å². The van der Waals surface area contributed by atoms with Crippen LogP contribution in [0.2, 0.25) is 0 Å². The maximum absolute atomic E-state index is 13.5. The van der Waals surface area contributed by atoms with Crippen molar-refractivity contribution >= 4 is 5.91 Å². The Morgan fingerprint density at radius 1 is 1.55 bits per heavy atom. The van der Waals surface area contributed by atoms with Gasteiger partial charge in [-0.15, -0.1) is 0 Å². The summed E-state index contributed by atoms with van der Waals surface area (Å²) in [5.41, 5.74) is -0.382. The fourth-order valence-electron chi connectivity index (χ4n) is 3.12. The number of rotatable bonds is 1. The molecule has 116 valence electrons. The van der Waals surface area contributed by atoms with Crippen molar-refractivity contribution < 1.29 is 13.9 Å². The highest BCUT2D eigenvalue weighted by atomic mass is 19.1. The van der Waals surface area contributed by atoms with Gasteiger partial charge in [0.05, 0.1) is 13.0 Å². The number of nitrogens with one attached hydrogen (secondary N) is 1. The number of halogens is 1. The largest absolute Gasteiger partial charge is 0.475 e. The number of hydrogen-bond acceptors (Lipinski definition) is 3. The minimum absolute atomic E-state index is 0.130. The summed E-state index contributed by atoms with van der Waals surface area (Å²) in [6.07, 6.45) is -0.114. The van der Waals surface area contributed by atoms with Crippen LogP contribution in [-0.2, 0) is 11.3 Å². The Morgan fingerprint density at radius 3 is 2.95 bits per heavy atom. The second kappa shape index (κ2) is 5.25. The molecule has 5 nitrogen and oxygen atoms in total. The first-order valence-corrected chi connectivity index (χ1v) is 7.33. The minimum Gasteiger partial charge on any atom is -0.475 e. The summed E-state index contributed by atoms with van der Waals surface area (Å²) in [5, 5.41) is 2.84. The molecular weight excluding hydrogens is 285 g/mol. The summed E-state index contributed by atoms with van der Waals surface area (Å²) < 4.78 is 19.5. The molecule has 0 unspecified atom stereocenters. The summed E-state index contributed by atoms with van der Waals surface area (Å²) in [6.45, 7) is 12.0. The fourth-order valence-corrected chi connectivity index (χ4v) is 3.12. The average molecular weight is 303 g/mol. The summed E-state index contributed by atoms with van der Waals surface area (Å²) in [7, 11) is 0.